The van der Waals surface area contributed by atoms with Gasteiger partial charge in [-0.2, -0.15) is 0 Å². The summed E-state index contributed by atoms with van der Waals surface area (Å²) in [5.41, 5.74) is 5.13. The number of hydrogen-bond acceptors (Lipinski definition) is 2. The van der Waals surface area contributed by atoms with Gasteiger partial charge in [0.1, 0.15) is 0 Å². The van der Waals surface area contributed by atoms with Crippen molar-refractivity contribution in [2.45, 2.75) is 19.8 Å². The summed E-state index contributed by atoms with van der Waals surface area (Å²) >= 11 is 0. The van der Waals surface area contributed by atoms with Crippen molar-refractivity contribution in [3.63, 3.8) is 0 Å². The highest BCUT2D eigenvalue weighted by molar-refractivity contribution is 5.74. The number of rotatable bonds is 2. The summed E-state index contributed by atoms with van der Waals surface area (Å²) in [4.78, 5) is 10.6. The van der Waals surface area contributed by atoms with Gasteiger partial charge in [-0.25, -0.2) is 0 Å². The second kappa shape index (κ2) is 3.72. The summed E-state index contributed by atoms with van der Waals surface area (Å²) in [7, 11) is 0. The third-order valence-corrected chi connectivity index (χ3v) is 2.43. The molecule has 0 bridgehead atoms. The van der Waals surface area contributed by atoms with Crippen LogP contribution in [0.25, 0.3) is 0 Å². The lowest BCUT2D eigenvalue weighted by molar-refractivity contribution is -0.119. The molecular weight excluding hydrogens is 140 g/mol. The molecule has 1 heterocycles. The van der Waals surface area contributed by atoms with Gasteiger partial charge in [0.15, 0.2) is 0 Å². The Morgan fingerprint density at radius 3 is 3.00 bits per heavy atom. The molecule has 0 aliphatic carbocycles. The predicted octanol–water partition coefficient (Wildman–Crippen LogP) is 0.107. The topological polar surface area (TPSA) is 55.1 Å². The van der Waals surface area contributed by atoms with Gasteiger partial charge in [0.2, 0.25) is 5.91 Å². The standard InChI is InChI=1S/C8H16N2O/c1-6-5-10-3-2-7(6)4-8(9)11/h6-7,10H,2-5H2,1H3,(H2,9,11)/t6-,7+/m1/s1. The molecule has 0 spiro atoms. The summed E-state index contributed by atoms with van der Waals surface area (Å²) in [6, 6.07) is 0. The molecule has 0 aromatic rings. The van der Waals surface area contributed by atoms with Crippen LogP contribution in [0.4, 0.5) is 0 Å². The van der Waals surface area contributed by atoms with Crippen molar-refractivity contribution in [3.8, 4) is 0 Å². The van der Waals surface area contributed by atoms with Gasteiger partial charge in [-0.15, -0.1) is 0 Å². The van der Waals surface area contributed by atoms with Crippen LogP contribution in [-0.2, 0) is 4.79 Å². The van der Waals surface area contributed by atoms with Crippen LogP contribution in [0.1, 0.15) is 19.8 Å². The molecule has 1 rings (SSSR count). The van der Waals surface area contributed by atoms with E-state index in [-0.39, 0.29) is 5.91 Å². The number of nitrogens with two attached hydrogens (primary N) is 1. The third-order valence-electron chi connectivity index (χ3n) is 2.43. The average molecular weight is 156 g/mol. The molecule has 64 valence electrons. The van der Waals surface area contributed by atoms with Crippen molar-refractivity contribution in [2.24, 2.45) is 17.6 Å². The van der Waals surface area contributed by atoms with Crippen LogP contribution in [0, 0.1) is 11.8 Å². The number of nitrogens with one attached hydrogen (secondary N) is 1. The molecule has 3 heteroatoms. The summed E-state index contributed by atoms with van der Waals surface area (Å²) in [6.07, 6.45) is 1.65. The minimum Gasteiger partial charge on any atom is -0.370 e. The second-order valence-electron chi connectivity index (χ2n) is 3.40. The Hall–Kier alpha value is -0.570. The van der Waals surface area contributed by atoms with E-state index in [0.29, 0.717) is 18.3 Å². The molecule has 1 saturated heterocycles. The zero-order chi connectivity index (χ0) is 8.27. The van der Waals surface area contributed by atoms with E-state index < -0.39 is 0 Å². The monoisotopic (exact) mass is 156 g/mol. The van der Waals surface area contributed by atoms with Gasteiger partial charge in [-0.3, -0.25) is 4.79 Å². The highest BCUT2D eigenvalue weighted by Gasteiger charge is 2.22. The lowest BCUT2D eigenvalue weighted by Gasteiger charge is -2.28. The first-order chi connectivity index (χ1) is 5.20. The van der Waals surface area contributed by atoms with E-state index in [1.54, 1.807) is 0 Å². The minimum atomic E-state index is -0.163. The summed E-state index contributed by atoms with van der Waals surface area (Å²) < 4.78 is 0. The average Bonchev–Trinajstić information content (AvgIpc) is 1.93. The molecule has 0 radical (unpaired) electrons. The third kappa shape index (κ3) is 2.50. The second-order valence-corrected chi connectivity index (χ2v) is 3.40. The Morgan fingerprint density at radius 1 is 1.73 bits per heavy atom. The first kappa shape index (κ1) is 8.53. The summed E-state index contributed by atoms with van der Waals surface area (Å²) in [6.45, 7) is 4.22. The Balaban J connectivity index is 2.35. The Kier molecular flexibility index (Phi) is 2.88. The van der Waals surface area contributed by atoms with Gasteiger partial charge in [-0.05, 0) is 31.3 Å². The molecule has 0 unspecified atom stereocenters. The molecule has 1 amide bonds. The first-order valence-corrected chi connectivity index (χ1v) is 4.19. The van der Waals surface area contributed by atoms with Gasteiger partial charge in [0.25, 0.3) is 0 Å². The van der Waals surface area contributed by atoms with Crippen molar-refractivity contribution < 1.29 is 4.79 Å². The minimum absolute atomic E-state index is 0.163. The molecular formula is C8H16N2O. The van der Waals surface area contributed by atoms with Crippen LogP contribution in [0.2, 0.25) is 0 Å². The Morgan fingerprint density at radius 2 is 2.45 bits per heavy atom. The Bertz CT molecular complexity index is 147. The predicted molar refractivity (Wildman–Crippen MR) is 44.0 cm³/mol. The fourth-order valence-electron chi connectivity index (χ4n) is 1.63. The number of carbonyl (C=O) groups excluding carboxylic acids is 1. The van der Waals surface area contributed by atoms with Crippen molar-refractivity contribution in [1.82, 2.24) is 5.32 Å². The van der Waals surface area contributed by atoms with Gasteiger partial charge < -0.3 is 11.1 Å². The van der Waals surface area contributed by atoms with E-state index in [1.807, 2.05) is 0 Å². The van der Waals surface area contributed by atoms with Crippen LogP contribution in [0.3, 0.4) is 0 Å². The molecule has 1 aliphatic heterocycles. The van der Waals surface area contributed by atoms with Crippen LogP contribution >= 0.6 is 0 Å². The van der Waals surface area contributed by atoms with Gasteiger partial charge in [-0.1, -0.05) is 6.92 Å². The molecule has 0 aromatic heterocycles. The summed E-state index contributed by atoms with van der Waals surface area (Å²) in [5.74, 6) is 0.939. The van der Waals surface area contributed by atoms with Crippen LogP contribution in [0.15, 0.2) is 0 Å². The molecule has 2 atom stereocenters. The maximum Gasteiger partial charge on any atom is 0.217 e. The normalized spacial score (nSPS) is 31.7. The number of amides is 1. The van der Waals surface area contributed by atoms with Crippen molar-refractivity contribution in [3.05, 3.63) is 0 Å². The van der Waals surface area contributed by atoms with E-state index in [1.165, 1.54) is 0 Å². The van der Waals surface area contributed by atoms with Crippen LogP contribution in [0.5, 0.6) is 0 Å². The van der Waals surface area contributed by atoms with E-state index in [0.717, 1.165) is 19.5 Å². The first-order valence-electron chi connectivity index (χ1n) is 4.19. The zero-order valence-electron chi connectivity index (χ0n) is 6.97. The van der Waals surface area contributed by atoms with Gasteiger partial charge >= 0.3 is 0 Å². The lowest BCUT2D eigenvalue weighted by atomic mass is 9.85. The van der Waals surface area contributed by atoms with Crippen molar-refractivity contribution >= 4 is 5.91 Å². The van der Waals surface area contributed by atoms with E-state index in [4.69, 9.17) is 5.73 Å². The quantitative estimate of drug-likeness (QED) is 0.596. The lowest BCUT2D eigenvalue weighted by Crippen LogP contribution is -2.36. The van der Waals surface area contributed by atoms with Crippen molar-refractivity contribution in [1.29, 1.82) is 0 Å². The summed E-state index contributed by atoms with van der Waals surface area (Å²) in [5, 5.41) is 3.29. The number of hydrogen-bond donors (Lipinski definition) is 2. The molecule has 3 nitrogen and oxygen atoms in total. The maximum absolute atomic E-state index is 10.6. The SMILES string of the molecule is C[C@@H]1CNCC[C@H]1CC(N)=O. The number of carbonyl (C=O) groups is 1. The number of primary amides is 1. The Labute approximate surface area is 67.3 Å². The largest absolute Gasteiger partial charge is 0.370 e. The van der Waals surface area contributed by atoms with Crippen LogP contribution in [-0.4, -0.2) is 19.0 Å². The van der Waals surface area contributed by atoms with Gasteiger partial charge in [0, 0.05) is 6.42 Å². The highest BCUT2D eigenvalue weighted by Crippen LogP contribution is 2.21. The fourth-order valence-corrected chi connectivity index (χ4v) is 1.63. The van der Waals surface area contributed by atoms with E-state index >= 15 is 0 Å². The van der Waals surface area contributed by atoms with Crippen LogP contribution < -0.4 is 11.1 Å². The fraction of sp³-hybridized carbons (Fsp3) is 0.875. The van der Waals surface area contributed by atoms with Gasteiger partial charge in [0.05, 0.1) is 0 Å². The molecule has 1 aliphatic rings. The maximum atomic E-state index is 10.6. The van der Waals surface area contributed by atoms with E-state index in [2.05, 4.69) is 12.2 Å². The molecule has 3 N–H and O–H groups in total. The molecule has 1 fully saturated rings. The number of piperidine rings is 1. The smallest absolute Gasteiger partial charge is 0.217 e. The highest BCUT2D eigenvalue weighted by atomic mass is 16.1. The molecule has 0 aromatic carbocycles. The molecule has 11 heavy (non-hydrogen) atoms. The molecule has 0 saturated carbocycles. The zero-order valence-corrected chi connectivity index (χ0v) is 6.97. The van der Waals surface area contributed by atoms with Crippen molar-refractivity contribution in [2.75, 3.05) is 13.1 Å². The van der Waals surface area contributed by atoms with E-state index in [9.17, 15) is 4.79 Å².